The molecule has 0 heterocycles. The molecule has 0 rings (SSSR count). The standard InChI is InChI=1S/C3H5BS/c1-2-3-5-4/h2H,1,3H2. The zero-order valence-corrected chi connectivity index (χ0v) is 3.79. The summed E-state index contributed by atoms with van der Waals surface area (Å²) in [6, 6.07) is 0. The first kappa shape index (κ1) is 5.15. The highest BCUT2D eigenvalue weighted by Gasteiger charge is 1.60. The summed E-state index contributed by atoms with van der Waals surface area (Å²) in [7, 11) is 4.98. The normalized spacial score (nSPS) is 7.20. The fourth-order valence-electron chi connectivity index (χ4n) is 0.0680. The quantitative estimate of drug-likeness (QED) is 0.355. The van der Waals surface area contributed by atoms with E-state index in [1.807, 2.05) is 0 Å². The maximum atomic E-state index is 4.98. The third-order valence-electron chi connectivity index (χ3n) is 0.214. The van der Waals surface area contributed by atoms with Gasteiger partial charge < -0.3 is 0 Å². The van der Waals surface area contributed by atoms with Crippen molar-refractivity contribution in [2.24, 2.45) is 0 Å². The molecule has 0 bridgehead atoms. The third kappa shape index (κ3) is 4.15. The van der Waals surface area contributed by atoms with Gasteiger partial charge in [0.1, 0.15) is 0 Å². The minimum Gasteiger partial charge on any atom is -0.223 e. The van der Waals surface area contributed by atoms with Gasteiger partial charge in [0.15, 0.2) is 7.12 Å². The second-order valence-corrected chi connectivity index (χ2v) is 1.29. The lowest BCUT2D eigenvalue weighted by Gasteiger charge is -1.74. The van der Waals surface area contributed by atoms with Crippen LogP contribution in [0.2, 0.25) is 0 Å². The summed E-state index contributed by atoms with van der Waals surface area (Å²) in [5.74, 6) is 0.847. The molecule has 26 valence electrons. The summed E-state index contributed by atoms with van der Waals surface area (Å²) < 4.78 is 0. The summed E-state index contributed by atoms with van der Waals surface area (Å²) >= 11 is 1.28. The molecule has 0 spiro atoms. The van der Waals surface area contributed by atoms with Crippen LogP contribution in [0.3, 0.4) is 0 Å². The van der Waals surface area contributed by atoms with E-state index < -0.39 is 0 Å². The van der Waals surface area contributed by atoms with Crippen LogP contribution >= 0.6 is 11.6 Å². The van der Waals surface area contributed by atoms with Gasteiger partial charge in [0.05, 0.1) is 0 Å². The molecular formula is C3H5BS. The first-order chi connectivity index (χ1) is 2.41. The molecule has 2 heteroatoms. The highest BCUT2D eigenvalue weighted by atomic mass is 32.2. The molecule has 0 fully saturated rings. The maximum Gasteiger partial charge on any atom is 0.161 e. The van der Waals surface area contributed by atoms with Gasteiger partial charge in [-0.1, -0.05) is 6.08 Å². The Morgan fingerprint density at radius 3 is 2.60 bits per heavy atom. The van der Waals surface area contributed by atoms with Crippen LogP contribution in [0.4, 0.5) is 0 Å². The van der Waals surface area contributed by atoms with Crippen LogP contribution in [0.15, 0.2) is 12.7 Å². The topological polar surface area (TPSA) is 0 Å². The average molecular weight is 84.0 g/mol. The molecule has 0 saturated heterocycles. The zero-order chi connectivity index (χ0) is 4.12. The van der Waals surface area contributed by atoms with Gasteiger partial charge >= 0.3 is 0 Å². The molecular weight excluding hydrogens is 78.9 g/mol. The number of hydrogen-bond donors (Lipinski definition) is 0. The van der Waals surface area contributed by atoms with E-state index in [1.54, 1.807) is 6.08 Å². The Labute approximate surface area is 38.0 Å². The SMILES string of the molecule is [B]SCC=C. The monoisotopic (exact) mass is 84.0 g/mol. The predicted octanol–water partition coefficient (Wildman–Crippen LogP) is 0.989. The van der Waals surface area contributed by atoms with Crippen molar-refractivity contribution in [1.82, 2.24) is 0 Å². The van der Waals surface area contributed by atoms with E-state index in [0.717, 1.165) is 5.75 Å². The van der Waals surface area contributed by atoms with E-state index in [9.17, 15) is 0 Å². The van der Waals surface area contributed by atoms with Gasteiger partial charge in [-0.2, -0.15) is 0 Å². The van der Waals surface area contributed by atoms with Gasteiger partial charge in [-0.25, -0.2) is 11.6 Å². The van der Waals surface area contributed by atoms with Gasteiger partial charge in [0.25, 0.3) is 0 Å². The Bertz CT molecular complexity index is 28.1. The Kier molecular flexibility index (Phi) is 4.28. The van der Waals surface area contributed by atoms with E-state index >= 15 is 0 Å². The summed E-state index contributed by atoms with van der Waals surface area (Å²) in [5.41, 5.74) is 0. The van der Waals surface area contributed by atoms with Crippen LogP contribution in [0.5, 0.6) is 0 Å². The smallest absolute Gasteiger partial charge is 0.161 e. The fourth-order valence-corrected chi connectivity index (χ4v) is 0.204. The highest BCUT2D eigenvalue weighted by Crippen LogP contribution is 1.85. The van der Waals surface area contributed by atoms with Crippen molar-refractivity contribution in [3.05, 3.63) is 12.7 Å². The molecule has 0 aliphatic carbocycles. The largest absolute Gasteiger partial charge is 0.223 e. The first-order valence-electron chi connectivity index (χ1n) is 1.34. The molecule has 0 aromatic rings. The summed E-state index contributed by atoms with van der Waals surface area (Å²) in [6.07, 6.45) is 1.77. The van der Waals surface area contributed by atoms with Crippen molar-refractivity contribution in [2.45, 2.75) is 0 Å². The van der Waals surface area contributed by atoms with Crippen molar-refractivity contribution in [3.8, 4) is 0 Å². The van der Waals surface area contributed by atoms with Gasteiger partial charge in [0.2, 0.25) is 0 Å². The van der Waals surface area contributed by atoms with E-state index in [0.29, 0.717) is 0 Å². The van der Waals surface area contributed by atoms with Crippen molar-refractivity contribution in [3.63, 3.8) is 0 Å². The first-order valence-corrected chi connectivity index (χ1v) is 2.39. The Balaban J connectivity index is 2.40. The van der Waals surface area contributed by atoms with Crippen LogP contribution < -0.4 is 0 Å². The van der Waals surface area contributed by atoms with Crippen molar-refractivity contribution < 1.29 is 0 Å². The second kappa shape index (κ2) is 4.15. The molecule has 0 saturated carbocycles. The summed E-state index contributed by atoms with van der Waals surface area (Å²) in [6.45, 7) is 3.45. The molecule has 0 amide bonds. The van der Waals surface area contributed by atoms with Crippen molar-refractivity contribution in [1.29, 1.82) is 0 Å². The molecule has 0 aromatic carbocycles. The van der Waals surface area contributed by atoms with Gasteiger partial charge in [0, 0.05) is 0 Å². The van der Waals surface area contributed by atoms with Crippen molar-refractivity contribution in [2.75, 3.05) is 5.75 Å². The van der Waals surface area contributed by atoms with E-state index in [4.69, 9.17) is 7.12 Å². The van der Waals surface area contributed by atoms with Crippen molar-refractivity contribution >= 4 is 18.7 Å². The van der Waals surface area contributed by atoms with Gasteiger partial charge in [-0.15, -0.1) is 6.58 Å². The van der Waals surface area contributed by atoms with Crippen LogP contribution in [-0.2, 0) is 0 Å². The third-order valence-corrected chi connectivity index (χ3v) is 0.642. The summed E-state index contributed by atoms with van der Waals surface area (Å²) in [5, 5.41) is 0. The number of rotatable bonds is 2. The lowest BCUT2D eigenvalue weighted by molar-refractivity contribution is 1.84. The van der Waals surface area contributed by atoms with Crippen LogP contribution in [0.25, 0.3) is 0 Å². The van der Waals surface area contributed by atoms with Crippen LogP contribution in [0, 0.1) is 0 Å². The highest BCUT2D eigenvalue weighted by molar-refractivity contribution is 8.19. The lowest BCUT2D eigenvalue weighted by Crippen LogP contribution is -1.59. The number of hydrogen-bond acceptors (Lipinski definition) is 1. The fraction of sp³-hybridized carbons (Fsp3) is 0.333. The molecule has 5 heavy (non-hydrogen) atoms. The second-order valence-electron chi connectivity index (χ2n) is 0.622. The molecule has 0 atom stereocenters. The molecule has 0 nitrogen and oxygen atoms in total. The molecule has 0 N–H and O–H groups in total. The Morgan fingerprint density at radius 1 is 2.00 bits per heavy atom. The molecule has 0 aliphatic rings. The minimum absolute atomic E-state index is 0.847. The van der Waals surface area contributed by atoms with Crippen LogP contribution in [0.1, 0.15) is 0 Å². The minimum atomic E-state index is 0.847. The molecule has 0 aromatic heterocycles. The molecule has 2 radical (unpaired) electrons. The maximum absolute atomic E-state index is 4.98. The van der Waals surface area contributed by atoms with Crippen LogP contribution in [-0.4, -0.2) is 12.9 Å². The summed E-state index contributed by atoms with van der Waals surface area (Å²) in [4.78, 5) is 0. The average Bonchev–Trinajstić information content (AvgIpc) is 1.41. The van der Waals surface area contributed by atoms with E-state index in [1.165, 1.54) is 11.6 Å². The Morgan fingerprint density at radius 2 is 2.60 bits per heavy atom. The molecule has 0 unspecified atom stereocenters. The van der Waals surface area contributed by atoms with Gasteiger partial charge in [-0.05, 0) is 5.75 Å². The molecule has 0 aliphatic heterocycles. The lowest BCUT2D eigenvalue weighted by atomic mass is 10.7. The Hall–Kier alpha value is 0.155. The van der Waals surface area contributed by atoms with E-state index in [2.05, 4.69) is 6.58 Å². The van der Waals surface area contributed by atoms with Gasteiger partial charge in [-0.3, -0.25) is 0 Å². The van der Waals surface area contributed by atoms with E-state index in [-0.39, 0.29) is 0 Å². The zero-order valence-electron chi connectivity index (χ0n) is 2.98. The predicted molar refractivity (Wildman–Crippen MR) is 28.4 cm³/mol.